The number of benzene rings is 1. The number of hydrogen-bond acceptors (Lipinski definition) is 3. The fourth-order valence-corrected chi connectivity index (χ4v) is 1.98. The van der Waals surface area contributed by atoms with E-state index in [2.05, 4.69) is 0 Å². The molecule has 1 aliphatic heterocycles. The molecule has 1 aromatic carbocycles. The second-order valence-corrected chi connectivity index (χ2v) is 4.05. The Kier molecular flexibility index (Phi) is 3.27. The number of carbonyl (C=O) groups excluding carboxylic acids is 3. The molecule has 0 fully saturated rings. The van der Waals surface area contributed by atoms with Crippen molar-refractivity contribution in [2.45, 2.75) is 6.42 Å². The molecule has 94 valence electrons. The highest BCUT2D eigenvalue weighted by Gasteiger charge is 2.25. The zero-order chi connectivity index (χ0) is 13.1. The van der Waals surface area contributed by atoms with Crippen LogP contribution in [0.3, 0.4) is 0 Å². The zero-order valence-electron chi connectivity index (χ0n) is 9.68. The number of amides is 4. The van der Waals surface area contributed by atoms with E-state index in [0.717, 1.165) is 5.56 Å². The van der Waals surface area contributed by atoms with E-state index < -0.39 is 11.9 Å². The van der Waals surface area contributed by atoms with Gasteiger partial charge in [-0.1, -0.05) is 18.2 Å². The first-order valence-corrected chi connectivity index (χ1v) is 5.54. The minimum atomic E-state index is -0.912. The summed E-state index contributed by atoms with van der Waals surface area (Å²) in [6, 6.07) is 6.37. The predicted molar refractivity (Wildman–Crippen MR) is 63.8 cm³/mol. The molecule has 18 heavy (non-hydrogen) atoms. The molecule has 1 heterocycles. The molecule has 4 amide bonds. The summed E-state index contributed by atoms with van der Waals surface area (Å²) in [5, 5.41) is 1.94. The maximum Gasteiger partial charge on any atom is 0.318 e. The molecule has 1 aromatic rings. The molecule has 6 heteroatoms. The fraction of sp³-hybridized carbons (Fsp3) is 0.250. The van der Waals surface area contributed by atoms with E-state index in [9.17, 15) is 14.4 Å². The van der Waals surface area contributed by atoms with Crippen LogP contribution < -0.4 is 11.1 Å². The average molecular weight is 247 g/mol. The third-order valence-electron chi connectivity index (χ3n) is 2.78. The van der Waals surface area contributed by atoms with Crippen LogP contribution in [0.25, 0.3) is 0 Å². The van der Waals surface area contributed by atoms with Gasteiger partial charge in [0.1, 0.15) is 6.54 Å². The fourth-order valence-electron chi connectivity index (χ4n) is 1.98. The summed E-state index contributed by atoms with van der Waals surface area (Å²) in [5.41, 5.74) is 6.42. The molecule has 0 saturated heterocycles. The van der Waals surface area contributed by atoms with E-state index in [-0.39, 0.29) is 12.5 Å². The average Bonchev–Trinajstić information content (AvgIpc) is 2.32. The van der Waals surface area contributed by atoms with Gasteiger partial charge in [-0.15, -0.1) is 0 Å². The summed E-state index contributed by atoms with van der Waals surface area (Å²) in [6.07, 6.45) is 0.700. The standard InChI is InChI=1S/C12H13N3O3/c13-12(18)14-10(16)7-15-6-5-8-3-1-2-4-9(8)11(15)17/h1-4H,5-7H2,(H3,13,14,16,18). The molecule has 0 bridgehead atoms. The Morgan fingerprint density at radius 3 is 2.78 bits per heavy atom. The lowest BCUT2D eigenvalue weighted by atomic mass is 9.99. The number of hydrogen-bond donors (Lipinski definition) is 2. The van der Waals surface area contributed by atoms with Gasteiger partial charge in [-0.2, -0.15) is 0 Å². The molecular formula is C12H13N3O3. The lowest BCUT2D eigenvalue weighted by Gasteiger charge is -2.27. The molecule has 0 spiro atoms. The van der Waals surface area contributed by atoms with Gasteiger partial charge in [-0.25, -0.2) is 4.79 Å². The van der Waals surface area contributed by atoms with Gasteiger partial charge in [0.25, 0.3) is 5.91 Å². The third-order valence-corrected chi connectivity index (χ3v) is 2.78. The van der Waals surface area contributed by atoms with Crippen molar-refractivity contribution < 1.29 is 14.4 Å². The molecule has 0 aliphatic carbocycles. The molecule has 0 unspecified atom stereocenters. The van der Waals surface area contributed by atoms with Gasteiger partial charge >= 0.3 is 6.03 Å². The van der Waals surface area contributed by atoms with Gasteiger partial charge in [0.15, 0.2) is 0 Å². The van der Waals surface area contributed by atoms with E-state index in [1.165, 1.54) is 4.90 Å². The molecule has 1 aliphatic rings. The quantitative estimate of drug-likeness (QED) is 0.763. The van der Waals surface area contributed by atoms with Gasteiger partial charge < -0.3 is 10.6 Å². The van der Waals surface area contributed by atoms with Gasteiger partial charge in [0.2, 0.25) is 5.91 Å². The van der Waals surface area contributed by atoms with Crippen molar-refractivity contribution >= 4 is 17.8 Å². The number of nitrogens with zero attached hydrogens (tertiary/aromatic N) is 1. The predicted octanol–water partition coefficient (Wildman–Crippen LogP) is -0.120. The monoisotopic (exact) mass is 247 g/mol. The van der Waals surface area contributed by atoms with Gasteiger partial charge in [0.05, 0.1) is 0 Å². The second kappa shape index (κ2) is 4.87. The largest absolute Gasteiger partial charge is 0.351 e. The highest BCUT2D eigenvalue weighted by molar-refractivity contribution is 6.00. The third kappa shape index (κ3) is 2.48. The van der Waals surface area contributed by atoms with E-state index in [4.69, 9.17) is 5.73 Å². The Morgan fingerprint density at radius 2 is 2.06 bits per heavy atom. The van der Waals surface area contributed by atoms with Crippen LogP contribution >= 0.6 is 0 Å². The number of fused-ring (bicyclic) bond motifs is 1. The lowest BCUT2D eigenvalue weighted by molar-refractivity contribution is -0.120. The smallest absolute Gasteiger partial charge is 0.318 e. The van der Waals surface area contributed by atoms with Crippen LogP contribution in [0.2, 0.25) is 0 Å². The summed E-state index contributed by atoms with van der Waals surface area (Å²) < 4.78 is 0. The second-order valence-electron chi connectivity index (χ2n) is 4.05. The first-order chi connectivity index (χ1) is 8.58. The topological polar surface area (TPSA) is 92.5 Å². The lowest BCUT2D eigenvalue weighted by Crippen LogP contribution is -2.46. The van der Waals surface area contributed by atoms with E-state index in [0.29, 0.717) is 18.5 Å². The van der Waals surface area contributed by atoms with Crippen molar-refractivity contribution in [1.29, 1.82) is 0 Å². The molecule has 0 radical (unpaired) electrons. The number of urea groups is 1. The molecule has 3 N–H and O–H groups in total. The molecule has 0 aromatic heterocycles. The van der Waals surface area contributed by atoms with E-state index >= 15 is 0 Å². The van der Waals surface area contributed by atoms with Crippen LogP contribution in [0, 0.1) is 0 Å². The van der Waals surface area contributed by atoms with Crippen LogP contribution in [-0.2, 0) is 11.2 Å². The van der Waals surface area contributed by atoms with E-state index in [1.807, 2.05) is 17.4 Å². The molecule has 2 rings (SSSR count). The van der Waals surface area contributed by atoms with Crippen molar-refractivity contribution in [3.8, 4) is 0 Å². The van der Waals surface area contributed by atoms with Crippen molar-refractivity contribution in [2.24, 2.45) is 5.73 Å². The summed E-state index contributed by atoms with van der Waals surface area (Å²) >= 11 is 0. The Labute approximate surface area is 104 Å². The summed E-state index contributed by atoms with van der Waals surface area (Å²) in [5.74, 6) is -0.772. The highest BCUT2D eigenvalue weighted by Crippen LogP contribution is 2.17. The number of primary amides is 1. The summed E-state index contributed by atoms with van der Waals surface area (Å²) in [4.78, 5) is 35.4. The van der Waals surface area contributed by atoms with Crippen LogP contribution in [-0.4, -0.2) is 35.8 Å². The molecular weight excluding hydrogens is 234 g/mol. The van der Waals surface area contributed by atoms with Crippen molar-refractivity contribution in [3.63, 3.8) is 0 Å². The minimum absolute atomic E-state index is 0.157. The zero-order valence-corrected chi connectivity index (χ0v) is 9.68. The maximum absolute atomic E-state index is 12.1. The Bertz CT molecular complexity index is 513. The van der Waals surface area contributed by atoms with Gasteiger partial charge in [-0.05, 0) is 18.1 Å². The Morgan fingerprint density at radius 1 is 1.33 bits per heavy atom. The molecule has 0 saturated carbocycles. The number of carbonyl (C=O) groups is 3. The van der Waals surface area contributed by atoms with Crippen LogP contribution in [0.15, 0.2) is 24.3 Å². The summed E-state index contributed by atoms with van der Waals surface area (Å²) in [7, 11) is 0. The first kappa shape index (κ1) is 12.1. The number of imide groups is 1. The van der Waals surface area contributed by atoms with Crippen LogP contribution in [0.1, 0.15) is 15.9 Å². The normalized spacial score (nSPS) is 14.0. The maximum atomic E-state index is 12.1. The van der Waals surface area contributed by atoms with Crippen molar-refractivity contribution in [2.75, 3.05) is 13.1 Å². The van der Waals surface area contributed by atoms with E-state index in [1.54, 1.807) is 12.1 Å². The SMILES string of the molecule is NC(=O)NC(=O)CN1CCc2ccccc2C1=O. The van der Waals surface area contributed by atoms with Crippen molar-refractivity contribution in [1.82, 2.24) is 10.2 Å². The van der Waals surface area contributed by atoms with Gasteiger partial charge in [0, 0.05) is 12.1 Å². The summed E-state index contributed by atoms with van der Waals surface area (Å²) in [6.45, 7) is 0.304. The Hall–Kier alpha value is -2.37. The number of nitrogens with two attached hydrogens (primary N) is 1. The minimum Gasteiger partial charge on any atom is -0.351 e. The van der Waals surface area contributed by atoms with Crippen molar-refractivity contribution in [3.05, 3.63) is 35.4 Å². The Balaban J connectivity index is 2.08. The molecule has 6 nitrogen and oxygen atoms in total. The van der Waals surface area contributed by atoms with Crippen LogP contribution in [0.5, 0.6) is 0 Å². The number of nitrogens with one attached hydrogen (secondary N) is 1. The first-order valence-electron chi connectivity index (χ1n) is 5.54. The molecule has 0 atom stereocenters. The van der Waals surface area contributed by atoms with Crippen LogP contribution in [0.4, 0.5) is 4.79 Å². The van der Waals surface area contributed by atoms with Gasteiger partial charge in [-0.3, -0.25) is 14.9 Å². The number of rotatable bonds is 2. The highest BCUT2D eigenvalue weighted by atomic mass is 16.2.